The number of aromatic nitrogens is 2. The SMILES string of the molecule is COc1cc(Cl)ccc1C(=O)NS(=O)(=O)c1cnn(C)c1. The molecule has 1 heterocycles. The standard InChI is InChI=1S/C12H12ClN3O4S/c1-16-7-9(6-14-16)21(18,19)15-12(17)10-4-3-8(13)5-11(10)20-2/h3-7H,1-2H3,(H,15,17). The van der Waals surface area contributed by atoms with Gasteiger partial charge in [-0.05, 0) is 18.2 Å². The van der Waals surface area contributed by atoms with E-state index in [-0.39, 0.29) is 16.2 Å². The van der Waals surface area contributed by atoms with Crippen LogP contribution in [0.5, 0.6) is 5.75 Å². The van der Waals surface area contributed by atoms with Gasteiger partial charge in [0.25, 0.3) is 15.9 Å². The Morgan fingerprint density at radius 3 is 2.71 bits per heavy atom. The number of amides is 1. The van der Waals surface area contributed by atoms with Crippen LogP contribution in [0.3, 0.4) is 0 Å². The molecule has 0 saturated heterocycles. The third kappa shape index (κ3) is 3.34. The molecule has 0 aliphatic carbocycles. The highest BCUT2D eigenvalue weighted by Gasteiger charge is 2.22. The van der Waals surface area contributed by atoms with Gasteiger partial charge in [0.05, 0.1) is 18.9 Å². The fourth-order valence-electron chi connectivity index (χ4n) is 1.63. The van der Waals surface area contributed by atoms with E-state index in [1.807, 2.05) is 4.72 Å². The summed E-state index contributed by atoms with van der Waals surface area (Å²) in [6, 6.07) is 4.28. The Kier molecular flexibility index (Phi) is 4.19. The molecule has 112 valence electrons. The van der Waals surface area contributed by atoms with E-state index in [1.165, 1.54) is 36.2 Å². The van der Waals surface area contributed by atoms with Gasteiger partial charge in [-0.15, -0.1) is 0 Å². The number of nitrogens with zero attached hydrogens (tertiary/aromatic N) is 2. The largest absolute Gasteiger partial charge is 0.496 e. The lowest BCUT2D eigenvalue weighted by Gasteiger charge is -2.09. The van der Waals surface area contributed by atoms with E-state index in [2.05, 4.69) is 5.10 Å². The van der Waals surface area contributed by atoms with Crippen LogP contribution in [0.25, 0.3) is 0 Å². The van der Waals surface area contributed by atoms with Crippen molar-refractivity contribution in [1.29, 1.82) is 0 Å². The number of hydrogen-bond donors (Lipinski definition) is 1. The summed E-state index contributed by atoms with van der Waals surface area (Å²) in [5, 5.41) is 4.13. The molecule has 1 amide bonds. The highest BCUT2D eigenvalue weighted by molar-refractivity contribution is 7.90. The smallest absolute Gasteiger partial charge is 0.268 e. The minimum absolute atomic E-state index is 0.0642. The maximum absolute atomic E-state index is 12.1. The van der Waals surface area contributed by atoms with Crippen molar-refractivity contribution in [1.82, 2.24) is 14.5 Å². The number of hydrogen-bond acceptors (Lipinski definition) is 5. The van der Waals surface area contributed by atoms with Gasteiger partial charge < -0.3 is 4.74 Å². The number of rotatable bonds is 4. The van der Waals surface area contributed by atoms with Crippen LogP contribution in [0, 0.1) is 0 Å². The number of carbonyl (C=O) groups excluding carboxylic acids is 1. The highest BCUT2D eigenvalue weighted by atomic mass is 35.5. The van der Waals surface area contributed by atoms with Crippen molar-refractivity contribution in [2.75, 3.05) is 7.11 Å². The molecule has 0 radical (unpaired) electrons. The summed E-state index contributed by atoms with van der Waals surface area (Å²) < 4.78 is 32.4. The van der Waals surface area contributed by atoms with Gasteiger partial charge in [-0.1, -0.05) is 11.6 Å². The predicted molar refractivity (Wildman–Crippen MR) is 75.9 cm³/mol. The molecule has 1 aromatic heterocycles. The monoisotopic (exact) mass is 329 g/mol. The summed E-state index contributed by atoms with van der Waals surface area (Å²) in [5.41, 5.74) is 0.0642. The summed E-state index contributed by atoms with van der Waals surface area (Å²) in [4.78, 5) is 12.0. The second-order valence-electron chi connectivity index (χ2n) is 4.13. The number of sulfonamides is 1. The Hall–Kier alpha value is -2.06. The number of methoxy groups -OCH3 is 1. The van der Waals surface area contributed by atoms with Gasteiger partial charge in [0.2, 0.25) is 0 Å². The molecule has 0 bridgehead atoms. The average molecular weight is 330 g/mol. The van der Waals surface area contributed by atoms with Gasteiger partial charge in [-0.3, -0.25) is 9.48 Å². The van der Waals surface area contributed by atoms with Crippen LogP contribution < -0.4 is 9.46 Å². The molecule has 0 aliphatic rings. The molecule has 2 aromatic rings. The van der Waals surface area contributed by atoms with Gasteiger partial charge in [0.1, 0.15) is 10.6 Å². The first kappa shape index (κ1) is 15.3. The van der Waals surface area contributed by atoms with E-state index >= 15 is 0 Å². The number of aryl methyl sites for hydroxylation is 1. The fourth-order valence-corrected chi connectivity index (χ4v) is 2.74. The highest BCUT2D eigenvalue weighted by Crippen LogP contribution is 2.23. The van der Waals surface area contributed by atoms with Gasteiger partial charge in [0.15, 0.2) is 0 Å². The van der Waals surface area contributed by atoms with Crippen LogP contribution in [-0.4, -0.2) is 31.2 Å². The molecular formula is C12H12ClN3O4S. The number of halogens is 1. The minimum atomic E-state index is -3.99. The lowest BCUT2D eigenvalue weighted by Crippen LogP contribution is -2.30. The van der Waals surface area contributed by atoms with Gasteiger partial charge in [-0.25, -0.2) is 13.1 Å². The number of ether oxygens (including phenoxy) is 1. The topological polar surface area (TPSA) is 90.3 Å². The molecule has 7 nitrogen and oxygen atoms in total. The normalized spacial score (nSPS) is 11.2. The number of carbonyl (C=O) groups is 1. The van der Waals surface area contributed by atoms with E-state index in [9.17, 15) is 13.2 Å². The van der Waals surface area contributed by atoms with E-state index in [0.29, 0.717) is 5.02 Å². The summed E-state index contributed by atoms with van der Waals surface area (Å²) in [7, 11) is -1.06. The lowest BCUT2D eigenvalue weighted by atomic mass is 10.2. The van der Waals surface area contributed by atoms with Crippen molar-refractivity contribution in [3.05, 3.63) is 41.2 Å². The quantitative estimate of drug-likeness (QED) is 0.910. The molecule has 9 heteroatoms. The Morgan fingerprint density at radius 2 is 2.14 bits per heavy atom. The predicted octanol–water partition coefficient (Wildman–Crippen LogP) is 1.20. The number of benzene rings is 1. The van der Waals surface area contributed by atoms with Crippen molar-refractivity contribution in [3.8, 4) is 5.75 Å². The van der Waals surface area contributed by atoms with E-state index < -0.39 is 15.9 Å². The molecule has 2 rings (SSSR count). The molecule has 0 atom stereocenters. The molecular weight excluding hydrogens is 318 g/mol. The molecule has 1 aromatic carbocycles. The minimum Gasteiger partial charge on any atom is -0.496 e. The van der Waals surface area contributed by atoms with Gasteiger partial charge >= 0.3 is 0 Å². The molecule has 1 N–H and O–H groups in total. The van der Waals surface area contributed by atoms with Crippen molar-refractivity contribution < 1.29 is 17.9 Å². The van der Waals surface area contributed by atoms with Crippen LogP contribution in [-0.2, 0) is 17.1 Å². The average Bonchev–Trinajstić information content (AvgIpc) is 2.85. The summed E-state index contributed by atoms with van der Waals surface area (Å²) in [6.07, 6.45) is 2.43. The molecule has 0 unspecified atom stereocenters. The van der Waals surface area contributed by atoms with E-state index in [0.717, 1.165) is 6.20 Å². The Labute approximate surface area is 126 Å². The first-order valence-corrected chi connectivity index (χ1v) is 7.59. The zero-order valence-electron chi connectivity index (χ0n) is 11.2. The van der Waals surface area contributed by atoms with Crippen LogP contribution in [0.4, 0.5) is 0 Å². The van der Waals surface area contributed by atoms with Crippen molar-refractivity contribution in [3.63, 3.8) is 0 Å². The molecule has 21 heavy (non-hydrogen) atoms. The van der Waals surface area contributed by atoms with Gasteiger partial charge in [-0.2, -0.15) is 5.10 Å². The molecule has 0 spiro atoms. The van der Waals surface area contributed by atoms with E-state index in [4.69, 9.17) is 16.3 Å². The Bertz CT molecular complexity index is 786. The third-order valence-corrected chi connectivity index (χ3v) is 4.15. The first-order valence-electron chi connectivity index (χ1n) is 5.73. The van der Waals surface area contributed by atoms with Gasteiger partial charge in [0, 0.05) is 18.3 Å². The maximum Gasteiger partial charge on any atom is 0.268 e. The second-order valence-corrected chi connectivity index (χ2v) is 6.25. The first-order chi connectivity index (χ1) is 9.83. The Morgan fingerprint density at radius 1 is 1.43 bits per heavy atom. The van der Waals surface area contributed by atoms with Crippen LogP contribution in [0.2, 0.25) is 5.02 Å². The van der Waals surface area contributed by atoms with Crippen LogP contribution in [0.1, 0.15) is 10.4 Å². The Balaban J connectivity index is 2.30. The second kappa shape index (κ2) is 5.74. The zero-order valence-corrected chi connectivity index (χ0v) is 12.8. The van der Waals surface area contributed by atoms with Crippen molar-refractivity contribution >= 4 is 27.5 Å². The van der Waals surface area contributed by atoms with Crippen molar-refractivity contribution in [2.45, 2.75) is 4.90 Å². The van der Waals surface area contributed by atoms with Crippen molar-refractivity contribution in [2.24, 2.45) is 7.05 Å². The number of nitrogens with one attached hydrogen (secondary N) is 1. The zero-order chi connectivity index (χ0) is 15.6. The summed E-state index contributed by atoms with van der Waals surface area (Å²) in [6.45, 7) is 0. The van der Waals surface area contributed by atoms with E-state index in [1.54, 1.807) is 7.05 Å². The molecule has 0 saturated carbocycles. The maximum atomic E-state index is 12.1. The van der Waals surface area contributed by atoms with Crippen LogP contribution in [0.15, 0.2) is 35.5 Å². The van der Waals surface area contributed by atoms with Crippen LogP contribution >= 0.6 is 11.6 Å². The third-order valence-electron chi connectivity index (χ3n) is 2.63. The fraction of sp³-hybridized carbons (Fsp3) is 0.167. The molecule has 0 fully saturated rings. The summed E-state index contributed by atoms with van der Waals surface area (Å²) >= 11 is 5.79. The molecule has 0 aliphatic heterocycles. The summed E-state index contributed by atoms with van der Waals surface area (Å²) in [5.74, 6) is -0.631. The lowest BCUT2D eigenvalue weighted by molar-refractivity contribution is 0.0978.